The number of nitrogens with one attached hydrogen (secondary N) is 1. The Balaban J connectivity index is 2.02. The average Bonchev–Trinajstić information content (AvgIpc) is 2.80. The van der Waals surface area contributed by atoms with Crippen LogP contribution in [0.3, 0.4) is 0 Å². The number of pyridine rings is 1. The number of nitrogens with zero attached hydrogens (tertiary/aromatic N) is 1. The molecule has 0 saturated heterocycles. The molecular weight excluding hydrogens is 444 g/mol. The Morgan fingerprint density at radius 1 is 0.941 bits per heavy atom. The number of amides is 1. The lowest BCUT2D eigenvalue weighted by Gasteiger charge is -2.22. The Bertz CT molecular complexity index is 1450. The van der Waals surface area contributed by atoms with Gasteiger partial charge in [0.1, 0.15) is 5.56 Å². The maximum atomic E-state index is 13.8. The summed E-state index contributed by atoms with van der Waals surface area (Å²) in [6, 6.07) is 22.6. The van der Waals surface area contributed by atoms with Gasteiger partial charge in [-0.05, 0) is 62.1 Å². The highest BCUT2D eigenvalue weighted by molar-refractivity contribution is 6.32. The van der Waals surface area contributed by atoms with E-state index in [4.69, 9.17) is 11.6 Å². The van der Waals surface area contributed by atoms with Crippen LogP contribution < -0.4 is 10.7 Å². The number of carbonyl (C=O) groups excluding carboxylic acids is 1. The van der Waals surface area contributed by atoms with E-state index in [9.17, 15) is 9.59 Å². The number of hydrogen-bond donors (Lipinski definition) is 1. The highest BCUT2D eigenvalue weighted by Gasteiger charge is 2.24. The molecule has 5 heteroatoms. The second-order valence-electron chi connectivity index (χ2n) is 8.45. The summed E-state index contributed by atoms with van der Waals surface area (Å²) in [5, 5.41) is 3.57. The van der Waals surface area contributed by atoms with E-state index in [0.717, 1.165) is 34.4 Å². The van der Waals surface area contributed by atoms with E-state index in [-0.39, 0.29) is 11.0 Å². The summed E-state index contributed by atoms with van der Waals surface area (Å²) in [6.07, 6.45) is 0.764. The van der Waals surface area contributed by atoms with Crippen LogP contribution in [-0.4, -0.2) is 10.5 Å². The number of hydrogen-bond acceptors (Lipinski definition) is 2. The third kappa shape index (κ3) is 4.42. The molecule has 4 aromatic rings. The summed E-state index contributed by atoms with van der Waals surface area (Å²) in [6.45, 7) is 7.83. The zero-order valence-electron chi connectivity index (χ0n) is 19.8. The molecule has 4 nitrogen and oxygen atoms in total. The summed E-state index contributed by atoms with van der Waals surface area (Å²) in [5.41, 5.74) is 6.17. The lowest BCUT2D eigenvalue weighted by atomic mass is 10.00. The Labute approximate surface area is 204 Å². The van der Waals surface area contributed by atoms with Gasteiger partial charge in [0, 0.05) is 17.4 Å². The van der Waals surface area contributed by atoms with Crippen LogP contribution in [0, 0.1) is 20.8 Å². The summed E-state index contributed by atoms with van der Waals surface area (Å²) in [7, 11) is 0. The molecule has 3 aromatic carbocycles. The molecule has 172 valence electrons. The number of anilines is 1. The van der Waals surface area contributed by atoms with Crippen LogP contribution in [0.4, 0.5) is 5.69 Å². The van der Waals surface area contributed by atoms with Gasteiger partial charge in [-0.1, -0.05) is 72.6 Å². The lowest BCUT2D eigenvalue weighted by Crippen LogP contribution is -2.27. The quantitative estimate of drug-likeness (QED) is 0.345. The number of halogens is 1. The first kappa shape index (κ1) is 23.5. The summed E-state index contributed by atoms with van der Waals surface area (Å²) in [5.74, 6) is -0.439. The minimum atomic E-state index is -0.439. The number of aryl methyl sites for hydroxylation is 4. The highest BCUT2D eigenvalue weighted by Crippen LogP contribution is 2.32. The van der Waals surface area contributed by atoms with E-state index in [0.29, 0.717) is 22.1 Å². The van der Waals surface area contributed by atoms with Crippen LogP contribution in [0.5, 0.6) is 0 Å². The maximum Gasteiger partial charge on any atom is 0.261 e. The fourth-order valence-corrected chi connectivity index (χ4v) is 4.56. The van der Waals surface area contributed by atoms with Gasteiger partial charge in [-0.25, -0.2) is 0 Å². The minimum absolute atomic E-state index is 0.0847. The molecule has 0 aliphatic heterocycles. The van der Waals surface area contributed by atoms with Crippen molar-refractivity contribution < 1.29 is 4.79 Å². The van der Waals surface area contributed by atoms with E-state index in [2.05, 4.69) is 5.32 Å². The molecule has 34 heavy (non-hydrogen) atoms. The second kappa shape index (κ2) is 9.70. The Morgan fingerprint density at radius 3 is 2.38 bits per heavy atom. The molecule has 1 heterocycles. The van der Waals surface area contributed by atoms with E-state index >= 15 is 0 Å². The molecule has 0 unspecified atom stereocenters. The zero-order chi connectivity index (χ0) is 24.4. The first-order valence-corrected chi connectivity index (χ1v) is 11.7. The molecule has 0 bridgehead atoms. The molecule has 1 aromatic heterocycles. The van der Waals surface area contributed by atoms with Gasteiger partial charge in [-0.15, -0.1) is 0 Å². The van der Waals surface area contributed by atoms with Crippen LogP contribution in [-0.2, 0) is 6.42 Å². The van der Waals surface area contributed by atoms with E-state index in [1.165, 1.54) is 6.07 Å². The van der Waals surface area contributed by atoms with Crippen LogP contribution in [0.15, 0.2) is 77.6 Å². The number of para-hydroxylation sites is 2. The number of carbonyl (C=O) groups is 1. The molecule has 0 aliphatic rings. The van der Waals surface area contributed by atoms with Gasteiger partial charge in [0.25, 0.3) is 5.91 Å². The van der Waals surface area contributed by atoms with Gasteiger partial charge in [0.05, 0.1) is 16.4 Å². The topological polar surface area (TPSA) is 51.1 Å². The van der Waals surface area contributed by atoms with Crippen molar-refractivity contribution in [1.29, 1.82) is 0 Å². The van der Waals surface area contributed by atoms with Crippen LogP contribution in [0.1, 0.15) is 39.7 Å². The van der Waals surface area contributed by atoms with Crippen molar-refractivity contribution in [3.63, 3.8) is 0 Å². The van der Waals surface area contributed by atoms with E-state index in [1.807, 2.05) is 92.9 Å². The van der Waals surface area contributed by atoms with Crippen molar-refractivity contribution in [2.24, 2.45) is 0 Å². The minimum Gasteiger partial charge on any atom is -0.321 e. The molecule has 1 N–H and O–H groups in total. The number of aromatic nitrogens is 1. The molecule has 0 atom stereocenters. The van der Waals surface area contributed by atoms with Crippen LogP contribution >= 0.6 is 11.6 Å². The Hall–Kier alpha value is -3.63. The van der Waals surface area contributed by atoms with Crippen molar-refractivity contribution in [3.8, 4) is 16.9 Å². The van der Waals surface area contributed by atoms with Crippen molar-refractivity contribution >= 4 is 23.2 Å². The van der Waals surface area contributed by atoms with Crippen LogP contribution in [0.2, 0.25) is 5.02 Å². The smallest absolute Gasteiger partial charge is 0.261 e. The summed E-state index contributed by atoms with van der Waals surface area (Å²) < 4.78 is 1.89. The summed E-state index contributed by atoms with van der Waals surface area (Å²) >= 11 is 6.58. The third-order valence-corrected chi connectivity index (χ3v) is 6.31. The Morgan fingerprint density at radius 2 is 1.68 bits per heavy atom. The first-order chi connectivity index (χ1) is 16.3. The molecule has 4 rings (SSSR count). The zero-order valence-corrected chi connectivity index (χ0v) is 20.5. The lowest BCUT2D eigenvalue weighted by molar-refractivity contribution is 0.102. The fraction of sp³-hybridized carbons (Fsp3) is 0.172. The Kier molecular flexibility index (Phi) is 6.71. The van der Waals surface area contributed by atoms with Gasteiger partial charge in [0.15, 0.2) is 5.43 Å². The molecule has 0 saturated carbocycles. The number of benzene rings is 3. The summed E-state index contributed by atoms with van der Waals surface area (Å²) in [4.78, 5) is 27.1. The van der Waals surface area contributed by atoms with Crippen molar-refractivity contribution in [2.75, 3.05) is 5.32 Å². The van der Waals surface area contributed by atoms with E-state index in [1.54, 1.807) is 6.07 Å². The highest BCUT2D eigenvalue weighted by atomic mass is 35.5. The molecule has 0 radical (unpaired) electrons. The molecule has 0 fully saturated rings. The predicted molar refractivity (Wildman–Crippen MR) is 140 cm³/mol. The average molecular weight is 471 g/mol. The largest absolute Gasteiger partial charge is 0.321 e. The van der Waals surface area contributed by atoms with Crippen molar-refractivity contribution in [3.05, 3.63) is 116 Å². The molecule has 0 aliphatic carbocycles. The predicted octanol–water partition coefficient (Wildman–Crippen LogP) is 6.90. The molecule has 0 spiro atoms. The second-order valence-corrected chi connectivity index (χ2v) is 8.85. The first-order valence-electron chi connectivity index (χ1n) is 11.3. The van der Waals surface area contributed by atoms with Crippen LogP contribution in [0.25, 0.3) is 16.9 Å². The van der Waals surface area contributed by atoms with Gasteiger partial charge in [0.2, 0.25) is 0 Å². The standard InChI is InChI=1S/C29H27ClN2O2/c1-5-21-12-9-11-19(3)27(21)31-29(34)26-25(33)17-20(4)32(24-15-7-6-14-23(24)30)28(26)22-13-8-10-18(2)16-22/h6-17H,5H2,1-4H3,(H,31,34). The number of rotatable bonds is 5. The molecular formula is C29H27ClN2O2. The van der Waals surface area contributed by atoms with Gasteiger partial charge in [-0.2, -0.15) is 0 Å². The van der Waals surface area contributed by atoms with Gasteiger partial charge >= 0.3 is 0 Å². The maximum absolute atomic E-state index is 13.8. The van der Waals surface area contributed by atoms with Gasteiger partial charge < -0.3 is 9.88 Å². The van der Waals surface area contributed by atoms with E-state index < -0.39 is 5.91 Å². The monoisotopic (exact) mass is 470 g/mol. The normalized spacial score (nSPS) is 10.9. The van der Waals surface area contributed by atoms with Crippen molar-refractivity contribution in [1.82, 2.24) is 4.57 Å². The third-order valence-electron chi connectivity index (χ3n) is 5.99. The SMILES string of the molecule is CCc1cccc(C)c1NC(=O)c1c(-c2cccc(C)c2)n(-c2ccccc2Cl)c(C)cc1=O. The van der Waals surface area contributed by atoms with Gasteiger partial charge in [-0.3, -0.25) is 9.59 Å². The van der Waals surface area contributed by atoms with Crippen molar-refractivity contribution in [2.45, 2.75) is 34.1 Å². The fourth-order valence-electron chi connectivity index (χ4n) is 4.34. The molecule has 1 amide bonds.